The van der Waals surface area contributed by atoms with Gasteiger partial charge in [-0.3, -0.25) is 9.78 Å². The Morgan fingerprint density at radius 2 is 2.05 bits per heavy atom. The number of nitrogens with one attached hydrogen (secondary N) is 1. The third kappa shape index (κ3) is 4.05. The van der Waals surface area contributed by atoms with Crippen LogP contribution in [0, 0.1) is 0 Å². The Kier molecular flexibility index (Phi) is 5.32. The molecule has 4 heteroatoms. The Morgan fingerprint density at radius 1 is 1.29 bits per heavy atom. The second kappa shape index (κ2) is 7.43. The Labute approximate surface area is 125 Å². The van der Waals surface area contributed by atoms with E-state index in [2.05, 4.69) is 29.4 Å². The molecule has 1 atom stereocenters. The fourth-order valence-electron chi connectivity index (χ4n) is 2.30. The molecule has 1 heterocycles. The lowest BCUT2D eigenvalue weighted by molar-refractivity contribution is -0.116. The second-order valence-electron chi connectivity index (χ2n) is 4.84. The summed E-state index contributed by atoms with van der Waals surface area (Å²) in [5.74, 6) is 0.803. The number of pyridine rings is 1. The van der Waals surface area contributed by atoms with E-state index in [4.69, 9.17) is 4.74 Å². The van der Waals surface area contributed by atoms with Crippen molar-refractivity contribution in [3.8, 4) is 5.75 Å². The highest BCUT2D eigenvalue weighted by Gasteiger charge is 2.15. The average molecular weight is 284 g/mol. The number of ether oxygens (including phenoxy) is 1. The summed E-state index contributed by atoms with van der Waals surface area (Å²) in [6, 6.07) is 11.8. The molecule has 1 N–H and O–H groups in total. The summed E-state index contributed by atoms with van der Waals surface area (Å²) >= 11 is 0. The standard InChI is InChI=1S/C17H20N2O2/c1-3-13(14-7-5-4-6-8-14)11-17(20)19-15-12-18-10-9-16(15)21-2/h4-10,12-13H,3,11H2,1-2H3,(H,19,20). The Balaban J connectivity index is 2.03. The van der Waals surface area contributed by atoms with E-state index in [0.29, 0.717) is 17.9 Å². The highest BCUT2D eigenvalue weighted by molar-refractivity contribution is 5.92. The van der Waals surface area contributed by atoms with Crippen molar-refractivity contribution in [2.45, 2.75) is 25.7 Å². The minimum atomic E-state index is -0.0306. The molecule has 0 aliphatic carbocycles. The summed E-state index contributed by atoms with van der Waals surface area (Å²) in [6.07, 6.45) is 4.59. The summed E-state index contributed by atoms with van der Waals surface area (Å²) in [5.41, 5.74) is 1.79. The number of rotatable bonds is 6. The molecule has 0 fully saturated rings. The number of carbonyl (C=O) groups is 1. The van der Waals surface area contributed by atoms with Gasteiger partial charge in [-0.15, -0.1) is 0 Å². The lowest BCUT2D eigenvalue weighted by Gasteiger charge is -2.15. The fourth-order valence-corrected chi connectivity index (χ4v) is 2.30. The average Bonchev–Trinajstić information content (AvgIpc) is 2.54. The summed E-state index contributed by atoms with van der Waals surface area (Å²) in [7, 11) is 1.57. The van der Waals surface area contributed by atoms with Crippen LogP contribution < -0.4 is 10.1 Å². The van der Waals surface area contributed by atoms with E-state index < -0.39 is 0 Å². The van der Waals surface area contributed by atoms with Gasteiger partial charge < -0.3 is 10.1 Å². The highest BCUT2D eigenvalue weighted by atomic mass is 16.5. The molecule has 0 bridgehead atoms. The van der Waals surface area contributed by atoms with Crippen molar-refractivity contribution in [1.29, 1.82) is 0 Å². The van der Waals surface area contributed by atoms with Crippen LogP contribution >= 0.6 is 0 Å². The maximum Gasteiger partial charge on any atom is 0.225 e. The monoisotopic (exact) mass is 284 g/mol. The third-order valence-corrected chi connectivity index (χ3v) is 3.47. The van der Waals surface area contributed by atoms with Crippen molar-refractivity contribution in [3.05, 3.63) is 54.4 Å². The summed E-state index contributed by atoms with van der Waals surface area (Å²) in [4.78, 5) is 16.2. The topological polar surface area (TPSA) is 51.2 Å². The number of aromatic nitrogens is 1. The van der Waals surface area contributed by atoms with E-state index in [0.717, 1.165) is 6.42 Å². The lowest BCUT2D eigenvalue weighted by atomic mass is 9.93. The summed E-state index contributed by atoms with van der Waals surface area (Å²) in [6.45, 7) is 2.09. The number of amides is 1. The molecule has 0 spiro atoms. The Morgan fingerprint density at radius 3 is 2.71 bits per heavy atom. The quantitative estimate of drug-likeness (QED) is 0.881. The predicted octanol–water partition coefficient (Wildman–Crippen LogP) is 3.61. The first kappa shape index (κ1) is 15.0. The van der Waals surface area contributed by atoms with Gasteiger partial charge in [0.15, 0.2) is 0 Å². The maximum atomic E-state index is 12.2. The van der Waals surface area contributed by atoms with Gasteiger partial charge in [0, 0.05) is 18.7 Å². The zero-order valence-corrected chi connectivity index (χ0v) is 12.4. The molecule has 0 aliphatic heterocycles. The van der Waals surface area contributed by atoms with E-state index in [9.17, 15) is 4.79 Å². The van der Waals surface area contributed by atoms with Gasteiger partial charge >= 0.3 is 0 Å². The third-order valence-electron chi connectivity index (χ3n) is 3.47. The zero-order valence-electron chi connectivity index (χ0n) is 12.4. The van der Waals surface area contributed by atoms with E-state index in [-0.39, 0.29) is 11.8 Å². The number of hydrogen-bond acceptors (Lipinski definition) is 3. The van der Waals surface area contributed by atoms with Crippen LogP contribution in [-0.2, 0) is 4.79 Å². The molecule has 21 heavy (non-hydrogen) atoms. The van der Waals surface area contributed by atoms with Crippen molar-refractivity contribution in [1.82, 2.24) is 4.98 Å². The van der Waals surface area contributed by atoms with Crippen molar-refractivity contribution < 1.29 is 9.53 Å². The largest absolute Gasteiger partial charge is 0.494 e. The number of benzene rings is 1. The van der Waals surface area contributed by atoms with Gasteiger partial charge in [-0.05, 0) is 17.9 Å². The minimum absolute atomic E-state index is 0.0306. The van der Waals surface area contributed by atoms with Crippen molar-refractivity contribution in [2.24, 2.45) is 0 Å². The zero-order chi connectivity index (χ0) is 15.1. The predicted molar refractivity (Wildman–Crippen MR) is 83.5 cm³/mol. The molecule has 0 radical (unpaired) electrons. The molecule has 1 aromatic carbocycles. The SMILES string of the molecule is CCC(CC(=O)Nc1cnccc1OC)c1ccccc1. The number of hydrogen-bond donors (Lipinski definition) is 1. The van der Waals surface area contributed by atoms with E-state index in [1.54, 1.807) is 25.6 Å². The van der Waals surface area contributed by atoms with E-state index >= 15 is 0 Å². The molecule has 0 saturated heterocycles. The molecule has 1 aromatic heterocycles. The number of nitrogens with zero attached hydrogens (tertiary/aromatic N) is 1. The van der Waals surface area contributed by atoms with Crippen LogP contribution in [0.4, 0.5) is 5.69 Å². The molecule has 2 aromatic rings. The van der Waals surface area contributed by atoms with E-state index in [1.807, 2.05) is 18.2 Å². The van der Waals surface area contributed by atoms with Gasteiger partial charge in [0.2, 0.25) is 5.91 Å². The molecular weight excluding hydrogens is 264 g/mol. The first-order valence-electron chi connectivity index (χ1n) is 7.07. The van der Waals surface area contributed by atoms with Crippen LogP contribution in [0.15, 0.2) is 48.8 Å². The fraction of sp³-hybridized carbons (Fsp3) is 0.294. The molecule has 0 aliphatic rings. The van der Waals surface area contributed by atoms with Crippen LogP contribution in [0.2, 0.25) is 0 Å². The first-order chi connectivity index (χ1) is 10.2. The number of carbonyl (C=O) groups excluding carboxylic acids is 1. The van der Waals surface area contributed by atoms with Crippen molar-refractivity contribution in [3.63, 3.8) is 0 Å². The molecular formula is C17H20N2O2. The van der Waals surface area contributed by atoms with Crippen molar-refractivity contribution in [2.75, 3.05) is 12.4 Å². The summed E-state index contributed by atoms with van der Waals surface area (Å²) < 4.78 is 5.21. The Bertz CT molecular complexity index is 584. The van der Waals surface area contributed by atoms with Crippen molar-refractivity contribution >= 4 is 11.6 Å². The normalized spacial score (nSPS) is 11.7. The van der Waals surface area contributed by atoms with Crippen LogP contribution in [0.1, 0.15) is 31.2 Å². The maximum absolute atomic E-state index is 12.2. The van der Waals surface area contributed by atoms with Crippen LogP contribution in [-0.4, -0.2) is 18.0 Å². The molecule has 1 amide bonds. The highest BCUT2D eigenvalue weighted by Crippen LogP contribution is 2.26. The number of anilines is 1. The molecule has 110 valence electrons. The lowest BCUT2D eigenvalue weighted by Crippen LogP contribution is -2.16. The molecule has 4 nitrogen and oxygen atoms in total. The second-order valence-corrected chi connectivity index (χ2v) is 4.84. The van der Waals surface area contributed by atoms with Gasteiger partial charge in [-0.25, -0.2) is 0 Å². The number of methoxy groups -OCH3 is 1. The Hall–Kier alpha value is -2.36. The van der Waals surface area contributed by atoms with Crippen LogP contribution in [0.25, 0.3) is 0 Å². The van der Waals surface area contributed by atoms with Crippen LogP contribution in [0.5, 0.6) is 5.75 Å². The van der Waals surface area contributed by atoms with Gasteiger partial charge in [-0.1, -0.05) is 37.3 Å². The van der Waals surface area contributed by atoms with Crippen LogP contribution in [0.3, 0.4) is 0 Å². The summed E-state index contributed by atoms with van der Waals surface area (Å²) in [5, 5.41) is 2.87. The van der Waals surface area contributed by atoms with Gasteiger partial charge in [0.05, 0.1) is 13.3 Å². The molecule has 1 unspecified atom stereocenters. The van der Waals surface area contributed by atoms with E-state index in [1.165, 1.54) is 5.56 Å². The van der Waals surface area contributed by atoms with Gasteiger partial charge in [0.1, 0.15) is 11.4 Å². The minimum Gasteiger partial charge on any atom is -0.494 e. The molecule has 2 rings (SSSR count). The smallest absolute Gasteiger partial charge is 0.225 e. The first-order valence-corrected chi connectivity index (χ1v) is 7.07. The van der Waals surface area contributed by atoms with Gasteiger partial charge in [0.25, 0.3) is 0 Å². The molecule has 0 saturated carbocycles. The van der Waals surface area contributed by atoms with Gasteiger partial charge in [-0.2, -0.15) is 0 Å².